The molecule has 1 aliphatic heterocycles. The Hall–Kier alpha value is -2.18. The summed E-state index contributed by atoms with van der Waals surface area (Å²) in [5.41, 5.74) is 0.713. The first-order valence-electron chi connectivity index (χ1n) is 6.08. The van der Waals surface area contributed by atoms with Crippen molar-refractivity contribution in [3.8, 4) is 0 Å². The molecule has 7 heteroatoms. The van der Waals surface area contributed by atoms with Crippen molar-refractivity contribution in [1.82, 2.24) is 20.2 Å². The molecule has 2 amide bonds. The number of nitrogens with zero attached hydrogens (tertiary/aromatic N) is 3. The quantitative estimate of drug-likeness (QED) is 0.820. The molecule has 1 aliphatic rings. The highest BCUT2D eigenvalue weighted by Crippen LogP contribution is 2.22. The zero-order chi connectivity index (χ0) is 13.8. The Morgan fingerprint density at radius 1 is 1.53 bits per heavy atom. The van der Waals surface area contributed by atoms with Crippen molar-refractivity contribution < 1.29 is 14.7 Å². The molecular weight excluding hydrogens is 248 g/mol. The number of rotatable bonds is 3. The van der Waals surface area contributed by atoms with E-state index in [1.807, 2.05) is 6.92 Å². The Balaban J connectivity index is 1.86. The predicted octanol–water partition coefficient (Wildman–Crippen LogP) is 0.339. The van der Waals surface area contributed by atoms with Crippen LogP contribution in [0.25, 0.3) is 0 Å². The number of carboxylic acids is 1. The topological polar surface area (TPSA) is 95.4 Å². The van der Waals surface area contributed by atoms with Crippen molar-refractivity contribution in [3.05, 3.63) is 24.3 Å². The van der Waals surface area contributed by atoms with Gasteiger partial charge in [-0.1, -0.05) is 6.92 Å². The first-order valence-corrected chi connectivity index (χ1v) is 6.08. The molecule has 2 N–H and O–H groups in total. The zero-order valence-electron chi connectivity index (χ0n) is 10.6. The molecule has 2 atom stereocenters. The normalized spacial score (nSPS) is 22.3. The van der Waals surface area contributed by atoms with Crippen LogP contribution < -0.4 is 5.32 Å². The second-order valence-electron chi connectivity index (χ2n) is 4.69. The molecule has 0 aliphatic carbocycles. The Bertz CT molecular complexity index is 465. The van der Waals surface area contributed by atoms with Crippen molar-refractivity contribution in [2.24, 2.45) is 11.8 Å². The van der Waals surface area contributed by atoms with E-state index in [2.05, 4.69) is 15.3 Å². The Kier molecular flexibility index (Phi) is 3.94. The van der Waals surface area contributed by atoms with Crippen LogP contribution >= 0.6 is 0 Å². The van der Waals surface area contributed by atoms with E-state index >= 15 is 0 Å². The molecule has 2 unspecified atom stereocenters. The number of carbonyl (C=O) groups is 2. The van der Waals surface area contributed by atoms with E-state index < -0.39 is 11.9 Å². The first-order chi connectivity index (χ1) is 9.08. The average Bonchev–Trinajstić information content (AvgIpc) is 2.79. The molecule has 0 spiro atoms. The third-order valence-corrected chi connectivity index (χ3v) is 3.28. The second kappa shape index (κ2) is 5.64. The lowest BCUT2D eigenvalue weighted by atomic mass is 9.99. The van der Waals surface area contributed by atoms with Gasteiger partial charge in [0.2, 0.25) is 0 Å². The number of nitrogens with one attached hydrogen (secondary N) is 1. The van der Waals surface area contributed by atoms with Crippen LogP contribution in [0.5, 0.6) is 0 Å². The van der Waals surface area contributed by atoms with Crippen LogP contribution in [0.3, 0.4) is 0 Å². The van der Waals surface area contributed by atoms with Crippen molar-refractivity contribution in [2.45, 2.75) is 13.5 Å². The molecule has 1 saturated heterocycles. The second-order valence-corrected chi connectivity index (χ2v) is 4.69. The summed E-state index contributed by atoms with van der Waals surface area (Å²) < 4.78 is 0. The van der Waals surface area contributed by atoms with E-state index in [1.165, 1.54) is 11.2 Å². The van der Waals surface area contributed by atoms with Crippen LogP contribution in [0.2, 0.25) is 0 Å². The highest BCUT2D eigenvalue weighted by Gasteiger charge is 2.36. The number of hydrogen-bond acceptors (Lipinski definition) is 4. The molecule has 1 aromatic rings. The molecule has 0 radical (unpaired) electrons. The average molecular weight is 264 g/mol. The third-order valence-electron chi connectivity index (χ3n) is 3.28. The van der Waals surface area contributed by atoms with Gasteiger partial charge in [0.25, 0.3) is 0 Å². The van der Waals surface area contributed by atoms with E-state index in [4.69, 9.17) is 5.11 Å². The van der Waals surface area contributed by atoms with Gasteiger partial charge in [0.15, 0.2) is 0 Å². The van der Waals surface area contributed by atoms with Crippen LogP contribution in [-0.2, 0) is 11.3 Å². The summed E-state index contributed by atoms with van der Waals surface area (Å²) in [7, 11) is 0. The minimum absolute atomic E-state index is 0.0256. The maximum absolute atomic E-state index is 11.9. The highest BCUT2D eigenvalue weighted by atomic mass is 16.4. The fourth-order valence-electron chi connectivity index (χ4n) is 2.15. The number of aromatic nitrogens is 2. The predicted molar refractivity (Wildman–Crippen MR) is 66.1 cm³/mol. The largest absolute Gasteiger partial charge is 0.481 e. The maximum Gasteiger partial charge on any atom is 0.317 e. The van der Waals surface area contributed by atoms with Gasteiger partial charge in [-0.3, -0.25) is 4.79 Å². The molecule has 2 heterocycles. The maximum atomic E-state index is 11.9. The van der Waals surface area contributed by atoms with Crippen molar-refractivity contribution in [2.75, 3.05) is 13.1 Å². The molecule has 0 saturated carbocycles. The van der Waals surface area contributed by atoms with Crippen LogP contribution in [0.4, 0.5) is 4.79 Å². The molecule has 1 fully saturated rings. The van der Waals surface area contributed by atoms with E-state index in [0.717, 1.165) is 0 Å². The fourth-order valence-corrected chi connectivity index (χ4v) is 2.15. The summed E-state index contributed by atoms with van der Waals surface area (Å²) in [6.45, 7) is 2.87. The summed E-state index contributed by atoms with van der Waals surface area (Å²) in [6, 6.07) is 1.46. The van der Waals surface area contributed by atoms with Crippen LogP contribution in [0.1, 0.15) is 12.6 Å². The van der Waals surface area contributed by atoms with E-state index in [9.17, 15) is 9.59 Å². The zero-order valence-corrected chi connectivity index (χ0v) is 10.6. The molecule has 19 heavy (non-hydrogen) atoms. The lowest BCUT2D eigenvalue weighted by Gasteiger charge is -2.16. The molecule has 0 bridgehead atoms. The monoisotopic (exact) mass is 264 g/mol. The number of likely N-dealkylation sites (tertiary alicyclic amines) is 1. The SMILES string of the molecule is CC1CN(C(=O)NCc2ccncn2)CC1C(=O)O. The minimum Gasteiger partial charge on any atom is -0.481 e. The summed E-state index contributed by atoms with van der Waals surface area (Å²) in [6.07, 6.45) is 3.02. The van der Waals surface area contributed by atoms with Gasteiger partial charge < -0.3 is 15.3 Å². The third kappa shape index (κ3) is 3.18. The number of urea groups is 1. The molecular formula is C12H16N4O3. The number of aliphatic carboxylic acids is 1. The van der Waals surface area contributed by atoms with Gasteiger partial charge in [-0.25, -0.2) is 14.8 Å². The smallest absolute Gasteiger partial charge is 0.317 e. The van der Waals surface area contributed by atoms with Crippen molar-refractivity contribution >= 4 is 12.0 Å². The minimum atomic E-state index is -0.849. The van der Waals surface area contributed by atoms with Gasteiger partial charge in [-0.2, -0.15) is 0 Å². The van der Waals surface area contributed by atoms with Crippen LogP contribution in [0.15, 0.2) is 18.6 Å². The summed E-state index contributed by atoms with van der Waals surface area (Å²) in [5.74, 6) is -1.36. The Morgan fingerprint density at radius 2 is 2.32 bits per heavy atom. The molecule has 2 rings (SSSR count). The molecule has 1 aromatic heterocycles. The highest BCUT2D eigenvalue weighted by molar-refractivity contribution is 5.77. The van der Waals surface area contributed by atoms with Gasteiger partial charge in [-0.05, 0) is 12.0 Å². The summed E-state index contributed by atoms with van der Waals surface area (Å²) in [4.78, 5) is 32.2. The van der Waals surface area contributed by atoms with Crippen LogP contribution in [0, 0.1) is 11.8 Å². The Morgan fingerprint density at radius 3 is 2.89 bits per heavy atom. The number of amides is 2. The van der Waals surface area contributed by atoms with E-state index in [1.54, 1.807) is 12.3 Å². The summed E-state index contributed by atoms with van der Waals surface area (Å²) in [5, 5.41) is 11.7. The van der Waals surface area contributed by atoms with E-state index in [-0.39, 0.29) is 18.5 Å². The van der Waals surface area contributed by atoms with Crippen molar-refractivity contribution in [1.29, 1.82) is 0 Å². The van der Waals surface area contributed by atoms with Gasteiger partial charge in [0.05, 0.1) is 18.2 Å². The first kappa shape index (κ1) is 13.3. The standard InChI is InChI=1S/C12H16N4O3/c1-8-5-16(6-10(8)11(17)18)12(19)14-4-9-2-3-13-7-15-9/h2-3,7-8,10H,4-6H2,1H3,(H,14,19)(H,17,18). The fraction of sp³-hybridized carbons (Fsp3) is 0.500. The molecule has 0 aromatic carbocycles. The lowest BCUT2D eigenvalue weighted by Crippen LogP contribution is -2.38. The van der Waals surface area contributed by atoms with Gasteiger partial charge >= 0.3 is 12.0 Å². The van der Waals surface area contributed by atoms with Gasteiger partial charge in [-0.15, -0.1) is 0 Å². The number of carbonyl (C=O) groups excluding carboxylic acids is 1. The van der Waals surface area contributed by atoms with Gasteiger partial charge in [0.1, 0.15) is 6.33 Å². The van der Waals surface area contributed by atoms with Crippen molar-refractivity contribution in [3.63, 3.8) is 0 Å². The van der Waals surface area contributed by atoms with Crippen LogP contribution in [-0.4, -0.2) is 45.1 Å². The van der Waals surface area contributed by atoms with E-state index in [0.29, 0.717) is 18.8 Å². The molecule has 102 valence electrons. The lowest BCUT2D eigenvalue weighted by molar-refractivity contribution is -0.142. The number of hydrogen-bond donors (Lipinski definition) is 2. The molecule has 7 nitrogen and oxygen atoms in total. The number of carboxylic acid groups (broad SMARTS) is 1. The van der Waals surface area contributed by atoms with Gasteiger partial charge in [0, 0.05) is 19.3 Å². The summed E-state index contributed by atoms with van der Waals surface area (Å²) >= 11 is 0. The Labute approximate surface area is 110 Å².